The van der Waals surface area contributed by atoms with Crippen LogP contribution in [0.1, 0.15) is 62.9 Å². The van der Waals surface area contributed by atoms with Crippen LogP contribution in [0.15, 0.2) is 0 Å². The molecule has 0 aromatic carbocycles. The van der Waals surface area contributed by atoms with Gasteiger partial charge in [-0.2, -0.15) is 0 Å². The predicted molar refractivity (Wildman–Crippen MR) is 91.2 cm³/mol. The molecule has 1 unspecified atom stereocenters. The van der Waals surface area contributed by atoms with Crippen molar-refractivity contribution in [3.8, 4) is 0 Å². The van der Waals surface area contributed by atoms with Crippen molar-refractivity contribution in [3.05, 3.63) is 10.6 Å². The Bertz CT molecular complexity index is 465. The first kappa shape index (κ1) is 15.3. The van der Waals surface area contributed by atoms with E-state index in [2.05, 4.69) is 31.0 Å². The van der Waals surface area contributed by atoms with Gasteiger partial charge in [0.05, 0.1) is 5.69 Å². The number of hydrogen-bond acceptors (Lipinski definition) is 4. The fraction of sp³-hybridized carbons (Fsp3) is 0.824. The van der Waals surface area contributed by atoms with Crippen molar-refractivity contribution < 1.29 is 0 Å². The Kier molecular flexibility index (Phi) is 4.85. The molecule has 1 aromatic rings. The molecule has 3 nitrogen and oxygen atoms in total. The number of nitrogens with zero attached hydrogens (tertiary/aromatic N) is 2. The number of hydrogen-bond donors (Lipinski definition) is 1. The Labute approximate surface area is 133 Å². The third kappa shape index (κ3) is 3.59. The summed E-state index contributed by atoms with van der Waals surface area (Å²) in [5.41, 5.74) is 1.41. The summed E-state index contributed by atoms with van der Waals surface area (Å²) in [6.45, 7) is 11.5. The van der Waals surface area contributed by atoms with Crippen LogP contribution in [0, 0.1) is 11.8 Å². The van der Waals surface area contributed by atoms with Gasteiger partial charge in [-0.05, 0) is 44.1 Å². The summed E-state index contributed by atoms with van der Waals surface area (Å²) < 4.78 is 0. The molecule has 21 heavy (non-hydrogen) atoms. The lowest BCUT2D eigenvalue weighted by Crippen LogP contribution is -2.20. The first-order chi connectivity index (χ1) is 10.2. The molecule has 1 aliphatic heterocycles. The van der Waals surface area contributed by atoms with Crippen LogP contribution in [0.25, 0.3) is 0 Å². The highest BCUT2D eigenvalue weighted by molar-refractivity contribution is 7.15. The summed E-state index contributed by atoms with van der Waals surface area (Å²) >= 11 is 1.94. The second-order valence-electron chi connectivity index (χ2n) is 6.99. The molecule has 4 heteroatoms. The minimum absolute atomic E-state index is 0.761. The Hall–Kier alpha value is -0.610. The average molecular weight is 308 g/mol. The summed E-state index contributed by atoms with van der Waals surface area (Å²) in [6.07, 6.45) is 5.23. The summed E-state index contributed by atoms with van der Waals surface area (Å²) in [6, 6.07) is 0. The van der Waals surface area contributed by atoms with E-state index < -0.39 is 0 Å². The molecule has 1 saturated carbocycles. The summed E-state index contributed by atoms with van der Waals surface area (Å²) in [4.78, 5) is 9.06. The zero-order valence-corrected chi connectivity index (χ0v) is 14.5. The Morgan fingerprint density at radius 1 is 1.33 bits per heavy atom. The third-order valence-corrected chi connectivity index (χ3v) is 5.96. The molecule has 1 saturated heterocycles. The van der Waals surface area contributed by atoms with Crippen molar-refractivity contribution in [1.29, 1.82) is 0 Å². The van der Waals surface area contributed by atoms with Crippen LogP contribution in [0.5, 0.6) is 0 Å². The lowest BCUT2D eigenvalue weighted by molar-refractivity contribution is 0.422. The van der Waals surface area contributed by atoms with Gasteiger partial charge in [-0.1, -0.05) is 20.8 Å². The van der Waals surface area contributed by atoms with E-state index >= 15 is 0 Å². The van der Waals surface area contributed by atoms with Gasteiger partial charge in [-0.15, -0.1) is 11.3 Å². The van der Waals surface area contributed by atoms with Crippen LogP contribution in [-0.2, 0) is 6.54 Å². The zero-order chi connectivity index (χ0) is 14.8. The Morgan fingerprint density at radius 3 is 2.76 bits per heavy atom. The van der Waals surface area contributed by atoms with E-state index in [1.54, 1.807) is 0 Å². The van der Waals surface area contributed by atoms with Gasteiger partial charge in [0.1, 0.15) is 0 Å². The summed E-state index contributed by atoms with van der Waals surface area (Å²) in [5.74, 6) is 2.40. The number of nitrogens with one attached hydrogen (secondary N) is 1. The molecule has 1 aromatic heterocycles. The first-order valence-electron chi connectivity index (χ1n) is 8.64. The lowest BCUT2D eigenvalue weighted by atomic mass is 9.95. The van der Waals surface area contributed by atoms with Crippen LogP contribution in [0.4, 0.5) is 5.13 Å². The molecule has 0 radical (unpaired) electrons. The number of anilines is 1. The minimum atomic E-state index is 0.761. The molecular formula is C17H29N3S. The number of thiazole rings is 1. The van der Waals surface area contributed by atoms with Gasteiger partial charge in [0, 0.05) is 30.4 Å². The fourth-order valence-electron chi connectivity index (χ4n) is 3.17. The molecule has 1 atom stereocenters. The molecule has 1 N–H and O–H groups in total. The fourth-order valence-corrected chi connectivity index (χ4v) is 4.32. The molecule has 0 bridgehead atoms. The SMILES string of the molecule is CCCNCc1sc(N2CCC(C(C)C)C2)nc1C1CC1. The molecule has 2 aliphatic rings. The maximum Gasteiger partial charge on any atom is 0.185 e. The summed E-state index contributed by atoms with van der Waals surface area (Å²) in [5, 5.41) is 4.84. The molecule has 118 valence electrons. The number of rotatable bonds is 7. The van der Waals surface area contributed by atoms with E-state index in [4.69, 9.17) is 4.98 Å². The van der Waals surface area contributed by atoms with Crippen LogP contribution in [0.2, 0.25) is 0 Å². The zero-order valence-electron chi connectivity index (χ0n) is 13.7. The molecule has 1 aliphatic carbocycles. The Balaban J connectivity index is 1.69. The standard InChI is InChI=1S/C17H29N3S/c1-4-8-18-10-15-16(13-5-6-13)19-17(21-15)20-9-7-14(11-20)12(2)3/h12-14,18H,4-11H2,1-3H3. The van der Waals surface area contributed by atoms with Gasteiger partial charge in [0.15, 0.2) is 5.13 Å². The normalized spacial score (nSPS) is 22.5. The highest BCUT2D eigenvalue weighted by Gasteiger charge is 2.32. The van der Waals surface area contributed by atoms with Gasteiger partial charge in [-0.3, -0.25) is 0 Å². The third-order valence-electron chi connectivity index (χ3n) is 4.83. The van der Waals surface area contributed by atoms with Crippen LogP contribution < -0.4 is 10.2 Å². The van der Waals surface area contributed by atoms with E-state index in [0.29, 0.717) is 0 Å². The largest absolute Gasteiger partial charge is 0.348 e. The molecule has 0 spiro atoms. The van der Waals surface area contributed by atoms with Crippen molar-refractivity contribution in [3.63, 3.8) is 0 Å². The average Bonchev–Trinajstić information content (AvgIpc) is 3.03. The van der Waals surface area contributed by atoms with Gasteiger partial charge in [0.2, 0.25) is 0 Å². The number of aromatic nitrogens is 1. The molecule has 3 rings (SSSR count). The maximum absolute atomic E-state index is 5.03. The van der Waals surface area contributed by atoms with E-state index in [-0.39, 0.29) is 0 Å². The van der Waals surface area contributed by atoms with E-state index in [9.17, 15) is 0 Å². The second-order valence-corrected chi connectivity index (χ2v) is 8.06. The van der Waals surface area contributed by atoms with E-state index in [0.717, 1.165) is 30.8 Å². The lowest BCUT2D eigenvalue weighted by Gasteiger charge is -2.16. The van der Waals surface area contributed by atoms with Crippen LogP contribution in [0.3, 0.4) is 0 Å². The molecule has 0 amide bonds. The van der Waals surface area contributed by atoms with E-state index in [1.165, 1.54) is 54.5 Å². The smallest absolute Gasteiger partial charge is 0.185 e. The minimum Gasteiger partial charge on any atom is -0.348 e. The van der Waals surface area contributed by atoms with Gasteiger partial charge in [-0.25, -0.2) is 4.98 Å². The van der Waals surface area contributed by atoms with Crippen LogP contribution >= 0.6 is 11.3 Å². The molecule has 2 heterocycles. The van der Waals surface area contributed by atoms with Gasteiger partial charge < -0.3 is 10.2 Å². The van der Waals surface area contributed by atoms with Gasteiger partial charge >= 0.3 is 0 Å². The topological polar surface area (TPSA) is 28.2 Å². The maximum atomic E-state index is 5.03. The predicted octanol–water partition coefficient (Wildman–Crippen LogP) is 4.00. The molecule has 2 fully saturated rings. The van der Waals surface area contributed by atoms with Crippen LogP contribution in [-0.4, -0.2) is 24.6 Å². The summed E-state index contributed by atoms with van der Waals surface area (Å²) in [7, 11) is 0. The highest BCUT2D eigenvalue weighted by atomic mass is 32.1. The molecular weight excluding hydrogens is 278 g/mol. The van der Waals surface area contributed by atoms with Crippen molar-refractivity contribution in [2.45, 2.75) is 58.9 Å². The van der Waals surface area contributed by atoms with Crippen molar-refractivity contribution in [2.24, 2.45) is 11.8 Å². The second kappa shape index (κ2) is 6.66. The van der Waals surface area contributed by atoms with Crippen molar-refractivity contribution >= 4 is 16.5 Å². The quantitative estimate of drug-likeness (QED) is 0.772. The highest BCUT2D eigenvalue weighted by Crippen LogP contribution is 2.44. The van der Waals surface area contributed by atoms with Crippen molar-refractivity contribution in [1.82, 2.24) is 10.3 Å². The monoisotopic (exact) mass is 307 g/mol. The van der Waals surface area contributed by atoms with Gasteiger partial charge in [0.25, 0.3) is 0 Å². The Morgan fingerprint density at radius 2 is 2.14 bits per heavy atom. The van der Waals surface area contributed by atoms with Crippen molar-refractivity contribution in [2.75, 3.05) is 24.5 Å². The first-order valence-corrected chi connectivity index (χ1v) is 9.46. The van der Waals surface area contributed by atoms with E-state index in [1.807, 2.05) is 11.3 Å².